The first-order valence-corrected chi connectivity index (χ1v) is 18.2. The maximum atomic E-state index is 15.6. The highest BCUT2D eigenvalue weighted by atomic mass is 19.3. The van der Waals surface area contributed by atoms with E-state index in [9.17, 15) is 18.4 Å². The predicted octanol–water partition coefficient (Wildman–Crippen LogP) is 6.94. The van der Waals surface area contributed by atoms with Crippen LogP contribution >= 0.6 is 0 Å². The number of nitrogens with one attached hydrogen (secondary N) is 1. The summed E-state index contributed by atoms with van der Waals surface area (Å²) in [6.45, 7) is -0.816. The standard InChI is InChI=1S/C42H37F4N7O4/c43-28-18-26(19-29(44)22-28)20-35(39-32(11-7-17-50-39)27-13-14-37(34(21-27)41(47)55)56-24-30-8-3-5-15-48-30)51-38(54)23-53-36-12-2-1-10-33(36)40(52-53)42(45,46)57-25-31-9-4-6-16-49-31/h3-9,11,13-19,21-22,35H,1-2,10,12,20,23-25H2,(H2,47,55)(H,51,54)/t35-/m0/s1. The number of nitrogens with two attached hydrogens (primary N) is 1. The van der Waals surface area contributed by atoms with Gasteiger partial charge in [-0.1, -0.05) is 24.3 Å². The number of primary amides is 1. The summed E-state index contributed by atoms with van der Waals surface area (Å²) in [5, 5.41) is 7.13. The highest BCUT2D eigenvalue weighted by molar-refractivity contribution is 5.97. The van der Waals surface area contributed by atoms with E-state index in [1.165, 1.54) is 23.1 Å². The molecule has 0 saturated carbocycles. The van der Waals surface area contributed by atoms with E-state index >= 15 is 8.78 Å². The molecule has 0 bridgehead atoms. The first-order valence-electron chi connectivity index (χ1n) is 18.2. The van der Waals surface area contributed by atoms with Crippen LogP contribution in [0.1, 0.15) is 68.8 Å². The number of halogens is 4. The Morgan fingerprint density at radius 1 is 0.842 bits per heavy atom. The molecule has 0 unspecified atom stereocenters. The number of aromatic nitrogens is 5. The summed E-state index contributed by atoms with van der Waals surface area (Å²) in [4.78, 5) is 39.4. The molecule has 7 rings (SSSR count). The Morgan fingerprint density at radius 2 is 1.54 bits per heavy atom. The number of pyridine rings is 3. The van der Waals surface area contributed by atoms with E-state index in [2.05, 4.69) is 25.4 Å². The highest BCUT2D eigenvalue weighted by Crippen LogP contribution is 2.37. The average Bonchev–Trinajstić information content (AvgIpc) is 3.58. The molecule has 0 spiro atoms. The quantitative estimate of drug-likeness (QED) is 0.107. The van der Waals surface area contributed by atoms with Crippen molar-refractivity contribution in [3.05, 3.63) is 160 Å². The Morgan fingerprint density at radius 3 is 2.25 bits per heavy atom. The fraction of sp³-hybridized carbons (Fsp3) is 0.238. The Hall–Kier alpha value is -6.48. The van der Waals surface area contributed by atoms with Crippen molar-refractivity contribution in [2.24, 2.45) is 5.73 Å². The molecule has 0 aliphatic heterocycles. The number of rotatable bonds is 15. The Labute approximate surface area is 324 Å². The molecule has 0 radical (unpaired) electrons. The summed E-state index contributed by atoms with van der Waals surface area (Å²) < 4.78 is 72.3. The van der Waals surface area contributed by atoms with Crippen molar-refractivity contribution in [2.75, 3.05) is 0 Å². The molecule has 0 fully saturated rings. The smallest absolute Gasteiger partial charge is 0.402 e. The van der Waals surface area contributed by atoms with Crippen LogP contribution in [0.15, 0.2) is 104 Å². The van der Waals surface area contributed by atoms with E-state index in [1.54, 1.807) is 66.9 Å². The number of carbonyl (C=O) groups is 2. The monoisotopic (exact) mass is 779 g/mol. The van der Waals surface area contributed by atoms with Crippen LogP contribution in [0.3, 0.4) is 0 Å². The molecule has 2 amide bonds. The normalized spacial score (nSPS) is 13.1. The molecule has 15 heteroatoms. The number of carbonyl (C=O) groups excluding carboxylic acids is 2. The number of fused-ring (bicyclic) bond motifs is 1. The SMILES string of the molecule is NC(=O)c1cc(-c2cccnc2[C@H](Cc2cc(F)cc(F)c2)NC(=O)Cn2nc(C(F)(F)OCc3ccccn3)c3c2CCCC3)ccc1OCc1ccccn1. The average molecular weight is 780 g/mol. The zero-order valence-electron chi connectivity index (χ0n) is 30.5. The number of alkyl halides is 2. The summed E-state index contributed by atoms with van der Waals surface area (Å²) in [5.74, 6) is -2.79. The van der Waals surface area contributed by atoms with Gasteiger partial charge >= 0.3 is 6.11 Å². The molecule has 292 valence electrons. The molecule has 57 heavy (non-hydrogen) atoms. The summed E-state index contributed by atoms with van der Waals surface area (Å²) in [5.41, 5.74) is 8.55. The predicted molar refractivity (Wildman–Crippen MR) is 199 cm³/mol. The van der Waals surface area contributed by atoms with Crippen LogP contribution < -0.4 is 15.8 Å². The van der Waals surface area contributed by atoms with Crippen molar-refractivity contribution >= 4 is 11.8 Å². The van der Waals surface area contributed by atoms with E-state index in [0.717, 1.165) is 18.2 Å². The third kappa shape index (κ3) is 9.32. The van der Waals surface area contributed by atoms with Crippen LogP contribution in [0.25, 0.3) is 11.1 Å². The largest absolute Gasteiger partial charge is 0.486 e. The van der Waals surface area contributed by atoms with Crippen LogP contribution in [0.4, 0.5) is 17.6 Å². The third-order valence-corrected chi connectivity index (χ3v) is 9.48. The number of ether oxygens (including phenoxy) is 2. The molecule has 1 aliphatic rings. The molecule has 4 aromatic heterocycles. The Balaban J connectivity index is 1.19. The zero-order valence-corrected chi connectivity index (χ0v) is 30.5. The summed E-state index contributed by atoms with van der Waals surface area (Å²) in [6.07, 6.45) is 2.85. The molecule has 6 aromatic rings. The maximum Gasteiger partial charge on any atom is 0.402 e. The summed E-state index contributed by atoms with van der Waals surface area (Å²) >= 11 is 0. The first-order chi connectivity index (χ1) is 27.5. The lowest BCUT2D eigenvalue weighted by Gasteiger charge is -2.22. The van der Waals surface area contributed by atoms with Gasteiger partial charge in [0.2, 0.25) is 5.91 Å². The van der Waals surface area contributed by atoms with Crippen molar-refractivity contribution in [2.45, 2.75) is 64.0 Å². The van der Waals surface area contributed by atoms with Crippen molar-refractivity contribution in [1.29, 1.82) is 0 Å². The molecule has 1 aliphatic carbocycles. The van der Waals surface area contributed by atoms with Crippen LogP contribution in [-0.4, -0.2) is 36.5 Å². The van der Waals surface area contributed by atoms with Gasteiger partial charge in [0.15, 0.2) is 5.69 Å². The van der Waals surface area contributed by atoms with Gasteiger partial charge in [0, 0.05) is 41.5 Å². The molecule has 4 heterocycles. The first kappa shape index (κ1) is 38.8. The minimum atomic E-state index is -3.77. The van der Waals surface area contributed by atoms with Gasteiger partial charge < -0.3 is 20.5 Å². The summed E-state index contributed by atoms with van der Waals surface area (Å²) in [6, 6.07) is 20.5. The van der Waals surface area contributed by atoms with Crippen LogP contribution in [0.2, 0.25) is 0 Å². The fourth-order valence-corrected chi connectivity index (χ4v) is 6.90. The summed E-state index contributed by atoms with van der Waals surface area (Å²) in [7, 11) is 0. The van der Waals surface area contributed by atoms with Gasteiger partial charge in [-0.15, -0.1) is 0 Å². The van der Waals surface area contributed by atoms with Gasteiger partial charge in [-0.25, -0.2) is 8.78 Å². The van der Waals surface area contributed by atoms with E-state index in [-0.39, 0.29) is 29.9 Å². The van der Waals surface area contributed by atoms with E-state index in [4.69, 9.17) is 15.2 Å². The minimum absolute atomic E-state index is 0.0751. The van der Waals surface area contributed by atoms with Gasteiger partial charge in [0.25, 0.3) is 5.91 Å². The number of hydrogen-bond acceptors (Lipinski definition) is 8. The van der Waals surface area contributed by atoms with E-state index < -0.39 is 54.4 Å². The van der Waals surface area contributed by atoms with E-state index in [0.29, 0.717) is 65.1 Å². The molecular formula is C42H37F4N7O4. The molecule has 2 aromatic carbocycles. The van der Waals surface area contributed by atoms with Crippen molar-refractivity contribution in [1.82, 2.24) is 30.0 Å². The molecule has 11 nitrogen and oxygen atoms in total. The second-order valence-electron chi connectivity index (χ2n) is 13.5. The van der Waals surface area contributed by atoms with Crippen LogP contribution in [0, 0.1) is 11.6 Å². The number of nitrogens with zero attached hydrogens (tertiary/aromatic N) is 5. The second-order valence-corrected chi connectivity index (χ2v) is 13.5. The van der Waals surface area contributed by atoms with Gasteiger partial charge in [-0.2, -0.15) is 13.9 Å². The third-order valence-electron chi connectivity index (χ3n) is 9.48. The molecule has 3 N–H and O–H groups in total. The lowest BCUT2D eigenvalue weighted by Crippen LogP contribution is -2.34. The number of hydrogen-bond donors (Lipinski definition) is 2. The lowest BCUT2D eigenvalue weighted by molar-refractivity contribution is -0.259. The molecule has 0 saturated heterocycles. The molecular weight excluding hydrogens is 742 g/mol. The lowest BCUT2D eigenvalue weighted by atomic mass is 9.94. The van der Waals surface area contributed by atoms with Gasteiger partial charge in [0.1, 0.15) is 30.5 Å². The second kappa shape index (κ2) is 17.1. The topological polar surface area (TPSA) is 147 Å². The molecule has 1 atom stereocenters. The van der Waals surface area contributed by atoms with E-state index in [1.807, 2.05) is 0 Å². The van der Waals surface area contributed by atoms with Gasteiger partial charge in [-0.05, 0) is 97.8 Å². The Bertz CT molecular complexity index is 2360. The number of amides is 2. The Kier molecular flexibility index (Phi) is 11.6. The zero-order chi connectivity index (χ0) is 39.9. The van der Waals surface area contributed by atoms with Crippen molar-refractivity contribution in [3.8, 4) is 16.9 Å². The van der Waals surface area contributed by atoms with Crippen molar-refractivity contribution < 1.29 is 36.6 Å². The fourth-order valence-electron chi connectivity index (χ4n) is 6.90. The van der Waals surface area contributed by atoms with Crippen molar-refractivity contribution in [3.63, 3.8) is 0 Å². The van der Waals surface area contributed by atoms with Crippen LogP contribution in [-0.2, 0) is 54.7 Å². The highest BCUT2D eigenvalue weighted by Gasteiger charge is 2.41. The maximum absolute atomic E-state index is 15.6. The van der Waals surface area contributed by atoms with Gasteiger partial charge in [-0.3, -0.25) is 29.2 Å². The number of benzene rings is 2. The van der Waals surface area contributed by atoms with Gasteiger partial charge in [0.05, 0.1) is 35.3 Å². The van der Waals surface area contributed by atoms with Crippen LogP contribution in [0.5, 0.6) is 5.75 Å². The minimum Gasteiger partial charge on any atom is -0.486 e.